The Morgan fingerprint density at radius 2 is 2.17 bits per heavy atom. The smallest absolute Gasteiger partial charge is 0.324 e. The molecule has 1 rings (SSSR count). The number of hydrogen-bond donors (Lipinski definition) is 1. The first-order valence-electron chi connectivity index (χ1n) is 5.47. The molecule has 6 heteroatoms. The Morgan fingerprint density at radius 1 is 1.44 bits per heavy atom. The lowest BCUT2D eigenvalue weighted by molar-refractivity contribution is -0.141. The Balaban J connectivity index is 2.94. The molecule has 0 saturated carbocycles. The van der Waals surface area contributed by atoms with Crippen LogP contribution < -0.4 is 5.32 Å². The first-order chi connectivity index (χ1) is 8.47. The molecule has 3 nitrogen and oxygen atoms in total. The maximum atomic E-state index is 12.5. The third-order valence-electron chi connectivity index (χ3n) is 1.97. The summed E-state index contributed by atoms with van der Waals surface area (Å²) in [5.41, 5.74) is -0.296. The number of anilines is 1. The Labute approximate surface area is 103 Å². The van der Waals surface area contributed by atoms with Gasteiger partial charge in [0.15, 0.2) is 0 Å². The molecule has 0 amide bonds. The molecule has 0 aliphatic heterocycles. The second-order valence-electron chi connectivity index (χ2n) is 3.46. The van der Waals surface area contributed by atoms with Crippen molar-refractivity contribution in [1.29, 1.82) is 0 Å². The lowest BCUT2D eigenvalue weighted by Crippen LogP contribution is -2.11. The van der Waals surface area contributed by atoms with Gasteiger partial charge in [0, 0.05) is 11.9 Å². The maximum absolute atomic E-state index is 12.5. The van der Waals surface area contributed by atoms with Gasteiger partial charge >= 0.3 is 6.18 Å². The lowest BCUT2D eigenvalue weighted by atomic mass is 10.3. The van der Waals surface area contributed by atoms with E-state index in [1.807, 2.05) is 19.9 Å². The summed E-state index contributed by atoms with van der Waals surface area (Å²) in [4.78, 5) is 7.19. The number of aromatic nitrogens is 2. The standard InChI is InChI=1S/C12H14F3N3/c1-3-5-9(6-4-2)17-11-16-8-7-10(18-11)12(13,14)15/h3,5-8H,4H2,1-2H3,(H,16,17,18)/b5-3-,9-6+. The Kier molecular flexibility index (Phi) is 4.88. The molecule has 0 radical (unpaired) electrons. The van der Waals surface area contributed by atoms with Crippen molar-refractivity contribution in [3.8, 4) is 0 Å². The largest absolute Gasteiger partial charge is 0.433 e. The molecule has 98 valence electrons. The average molecular weight is 257 g/mol. The van der Waals surface area contributed by atoms with Gasteiger partial charge in [-0.1, -0.05) is 19.1 Å². The van der Waals surface area contributed by atoms with E-state index in [-0.39, 0.29) is 5.95 Å². The van der Waals surface area contributed by atoms with Gasteiger partial charge < -0.3 is 5.32 Å². The lowest BCUT2D eigenvalue weighted by Gasteiger charge is -2.09. The van der Waals surface area contributed by atoms with Gasteiger partial charge in [-0.25, -0.2) is 9.97 Å². The molecule has 0 unspecified atom stereocenters. The fourth-order valence-electron chi connectivity index (χ4n) is 1.27. The first kappa shape index (κ1) is 14.2. The number of halogens is 3. The summed E-state index contributed by atoms with van der Waals surface area (Å²) in [5.74, 6) is -0.0670. The van der Waals surface area contributed by atoms with Crippen molar-refractivity contribution in [2.45, 2.75) is 26.4 Å². The van der Waals surface area contributed by atoms with Crippen LogP contribution in [0.3, 0.4) is 0 Å². The van der Waals surface area contributed by atoms with E-state index in [0.29, 0.717) is 5.70 Å². The Hall–Kier alpha value is -1.85. The highest BCUT2D eigenvalue weighted by Gasteiger charge is 2.32. The van der Waals surface area contributed by atoms with Gasteiger partial charge in [-0.3, -0.25) is 0 Å². The van der Waals surface area contributed by atoms with E-state index in [0.717, 1.165) is 18.7 Å². The molecule has 0 bridgehead atoms. The topological polar surface area (TPSA) is 37.8 Å². The summed E-state index contributed by atoms with van der Waals surface area (Å²) < 4.78 is 37.4. The minimum atomic E-state index is -4.46. The monoisotopic (exact) mass is 257 g/mol. The van der Waals surface area contributed by atoms with E-state index in [1.165, 1.54) is 0 Å². The number of nitrogens with zero attached hydrogens (tertiary/aromatic N) is 2. The van der Waals surface area contributed by atoms with Crippen LogP contribution in [0.5, 0.6) is 0 Å². The zero-order valence-electron chi connectivity index (χ0n) is 10.1. The highest BCUT2D eigenvalue weighted by atomic mass is 19.4. The zero-order chi connectivity index (χ0) is 13.6. The minimum absolute atomic E-state index is 0.0670. The summed E-state index contributed by atoms with van der Waals surface area (Å²) in [6.07, 6.45) is 2.73. The van der Waals surface area contributed by atoms with Crippen molar-refractivity contribution in [2.75, 3.05) is 5.32 Å². The van der Waals surface area contributed by atoms with Gasteiger partial charge in [-0.15, -0.1) is 0 Å². The van der Waals surface area contributed by atoms with Gasteiger partial charge in [-0.05, 0) is 25.5 Å². The van der Waals surface area contributed by atoms with E-state index in [2.05, 4.69) is 15.3 Å². The maximum Gasteiger partial charge on any atom is 0.433 e. The van der Waals surface area contributed by atoms with Crippen molar-refractivity contribution in [3.05, 3.63) is 41.9 Å². The third kappa shape index (κ3) is 4.20. The van der Waals surface area contributed by atoms with Crippen LogP contribution in [0.2, 0.25) is 0 Å². The molecule has 0 fully saturated rings. The van der Waals surface area contributed by atoms with Crippen molar-refractivity contribution in [2.24, 2.45) is 0 Å². The second-order valence-corrected chi connectivity index (χ2v) is 3.46. The predicted molar refractivity (Wildman–Crippen MR) is 63.8 cm³/mol. The number of alkyl halides is 3. The fraction of sp³-hybridized carbons (Fsp3) is 0.333. The van der Waals surface area contributed by atoms with E-state index in [4.69, 9.17) is 0 Å². The summed E-state index contributed by atoms with van der Waals surface area (Å²) >= 11 is 0. The van der Waals surface area contributed by atoms with Crippen LogP contribution in [0.25, 0.3) is 0 Å². The molecule has 0 saturated heterocycles. The Bertz CT molecular complexity index is 450. The van der Waals surface area contributed by atoms with Crippen LogP contribution in [0.4, 0.5) is 19.1 Å². The minimum Gasteiger partial charge on any atom is -0.324 e. The normalized spacial score (nSPS) is 13.1. The van der Waals surface area contributed by atoms with E-state index >= 15 is 0 Å². The molecule has 0 atom stereocenters. The van der Waals surface area contributed by atoms with Gasteiger partial charge in [-0.2, -0.15) is 13.2 Å². The average Bonchev–Trinajstić information content (AvgIpc) is 2.29. The van der Waals surface area contributed by atoms with Crippen molar-refractivity contribution >= 4 is 5.95 Å². The van der Waals surface area contributed by atoms with Crippen LogP contribution in [0.15, 0.2) is 36.2 Å². The first-order valence-corrected chi connectivity index (χ1v) is 5.47. The molecular formula is C12H14F3N3. The van der Waals surface area contributed by atoms with Crippen molar-refractivity contribution < 1.29 is 13.2 Å². The number of nitrogens with one attached hydrogen (secondary N) is 1. The van der Waals surface area contributed by atoms with Crippen LogP contribution in [-0.4, -0.2) is 9.97 Å². The molecule has 0 aliphatic rings. The third-order valence-corrected chi connectivity index (χ3v) is 1.97. The number of hydrogen-bond acceptors (Lipinski definition) is 3. The van der Waals surface area contributed by atoms with Crippen LogP contribution in [-0.2, 0) is 6.18 Å². The van der Waals surface area contributed by atoms with Crippen molar-refractivity contribution in [3.63, 3.8) is 0 Å². The van der Waals surface area contributed by atoms with Gasteiger partial charge in [0.25, 0.3) is 0 Å². The van der Waals surface area contributed by atoms with E-state index in [9.17, 15) is 13.2 Å². The summed E-state index contributed by atoms with van der Waals surface area (Å²) in [6.45, 7) is 3.75. The molecule has 1 heterocycles. The van der Waals surface area contributed by atoms with E-state index < -0.39 is 11.9 Å². The number of allylic oxidation sites excluding steroid dienone is 3. The number of rotatable bonds is 4. The predicted octanol–water partition coefficient (Wildman–Crippen LogP) is 3.78. The van der Waals surface area contributed by atoms with Crippen LogP contribution in [0, 0.1) is 0 Å². The van der Waals surface area contributed by atoms with Crippen LogP contribution in [0.1, 0.15) is 26.0 Å². The van der Waals surface area contributed by atoms with Gasteiger partial charge in [0.1, 0.15) is 5.69 Å². The van der Waals surface area contributed by atoms with Crippen LogP contribution >= 0.6 is 0 Å². The molecule has 1 N–H and O–H groups in total. The summed E-state index contributed by atoms with van der Waals surface area (Å²) in [6, 6.07) is 0.837. The quantitative estimate of drug-likeness (QED) is 0.834. The van der Waals surface area contributed by atoms with Crippen molar-refractivity contribution in [1.82, 2.24) is 9.97 Å². The molecule has 1 aromatic heterocycles. The molecule has 18 heavy (non-hydrogen) atoms. The second kappa shape index (κ2) is 6.18. The molecule has 0 spiro atoms. The Morgan fingerprint density at radius 3 is 2.72 bits per heavy atom. The summed E-state index contributed by atoms with van der Waals surface area (Å²) in [5, 5.41) is 2.75. The fourth-order valence-corrected chi connectivity index (χ4v) is 1.27. The zero-order valence-corrected chi connectivity index (χ0v) is 10.1. The highest BCUT2D eigenvalue weighted by molar-refractivity contribution is 5.39. The molecule has 1 aromatic rings. The van der Waals surface area contributed by atoms with E-state index in [1.54, 1.807) is 12.2 Å². The summed E-state index contributed by atoms with van der Waals surface area (Å²) in [7, 11) is 0. The molecule has 0 aromatic carbocycles. The highest BCUT2D eigenvalue weighted by Crippen LogP contribution is 2.27. The molecule has 0 aliphatic carbocycles. The molecular weight excluding hydrogens is 243 g/mol. The SMILES string of the molecule is C/C=C\C(=C/CC)Nc1nccc(C(F)(F)F)n1. The van der Waals surface area contributed by atoms with Gasteiger partial charge in [0.05, 0.1) is 0 Å². The van der Waals surface area contributed by atoms with Gasteiger partial charge in [0.2, 0.25) is 5.95 Å².